The summed E-state index contributed by atoms with van der Waals surface area (Å²) in [6.45, 7) is 1.57. The molecule has 1 aromatic heterocycles. The van der Waals surface area contributed by atoms with Gasteiger partial charge in [-0.3, -0.25) is 9.52 Å². The first-order valence-corrected chi connectivity index (χ1v) is 9.70. The zero-order chi connectivity index (χ0) is 17.9. The standard InChI is InChI=1S/C14H15FN4O4S2/c15-10-2-1-3-11(8-10)25(21,22)18-14-17-16-12(24-14)4-5-19-6-7-23-9-13(19)20/h1-3,8H,4-7,9H2,(H,17,18). The van der Waals surface area contributed by atoms with E-state index in [2.05, 4.69) is 14.9 Å². The number of carbonyl (C=O) groups excluding carboxylic acids is 1. The topological polar surface area (TPSA) is 101 Å². The van der Waals surface area contributed by atoms with Crippen LogP contribution >= 0.6 is 11.3 Å². The minimum absolute atomic E-state index is 0.0782. The van der Waals surface area contributed by atoms with Crippen molar-refractivity contribution in [1.82, 2.24) is 15.1 Å². The average Bonchev–Trinajstić information content (AvgIpc) is 3.01. The molecule has 1 N–H and O–H groups in total. The van der Waals surface area contributed by atoms with E-state index in [4.69, 9.17) is 4.74 Å². The van der Waals surface area contributed by atoms with E-state index in [1.165, 1.54) is 12.1 Å². The van der Waals surface area contributed by atoms with Gasteiger partial charge in [0.05, 0.1) is 11.5 Å². The highest BCUT2D eigenvalue weighted by molar-refractivity contribution is 7.93. The number of aromatic nitrogens is 2. The number of morpholine rings is 1. The summed E-state index contributed by atoms with van der Waals surface area (Å²) >= 11 is 1.07. The number of carbonyl (C=O) groups is 1. The lowest BCUT2D eigenvalue weighted by Gasteiger charge is -2.26. The van der Waals surface area contributed by atoms with E-state index in [9.17, 15) is 17.6 Å². The molecule has 0 unspecified atom stereocenters. The molecule has 0 atom stereocenters. The second kappa shape index (κ2) is 7.42. The molecule has 0 radical (unpaired) electrons. The summed E-state index contributed by atoms with van der Waals surface area (Å²) in [5.41, 5.74) is 0. The average molecular weight is 386 g/mol. The summed E-state index contributed by atoms with van der Waals surface area (Å²) in [5, 5.41) is 8.39. The van der Waals surface area contributed by atoms with Crippen LogP contribution in [0.1, 0.15) is 5.01 Å². The molecule has 0 spiro atoms. The van der Waals surface area contributed by atoms with Crippen molar-refractivity contribution in [3.63, 3.8) is 0 Å². The third-order valence-electron chi connectivity index (χ3n) is 3.47. The van der Waals surface area contributed by atoms with E-state index in [1.54, 1.807) is 4.90 Å². The number of anilines is 1. The van der Waals surface area contributed by atoms with Gasteiger partial charge < -0.3 is 9.64 Å². The van der Waals surface area contributed by atoms with Crippen LogP contribution in [-0.2, 0) is 26.0 Å². The second-order valence-electron chi connectivity index (χ2n) is 5.25. The van der Waals surface area contributed by atoms with Crippen LogP contribution in [0, 0.1) is 5.82 Å². The molecule has 1 aliphatic heterocycles. The van der Waals surface area contributed by atoms with Gasteiger partial charge in [0, 0.05) is 19.5 Å². The number of hydrogen-bond acceptors (Lipinski definition) is 7. The Morgan fingerprint density at radius 3 is 2.96 bits per heavy atom. The number of rotatable bonds is 6. The molecule has 0 bridgehead atoms. The maximum atomic E-state index is 13.2. The first-order valence-electron chi connectivity index (χ1n) is 7.40. The van der Waals surface area contributed by atoms with Crippen molar-refractivity contribution in [3.8, 4) is 0 Å². The third kappa shape index (κ3) is 4.50. The zero-order valence-electron chi connectivity index (χ0n) is 13.0. The SMILES string of the molecule is O=C1COCCN1CCc1nnc(NS(=O)(=O)c2cccc(F)c2)s1. The van der Waals surface area contributed by atoms with Crippen molar-refractivity contribution < 1.29 is 22.3 Å². The minimum Gasteiger partial charge on any atom is -0.370 e. The monoisotopic (exact) mass is 386 g/mol. The normalized spacial score (nSPS) is 15.4. The van der Waals surface area contributed by atoms with Crippen molar-refractivity contribution in [2.75, 3.05) is 31.0 Å². The van der Waals surface area contributed by atoms with Gasteiger partial charge in [-0.1, -0.05) is 17.4 Å². The molecule has 25 heavy (non-hydrogen) atoms. The number of hydrogen-bond donors (Lipinski definition) is 1. The lowest BCUT2D eigenvalue weighted by molar-refractivity contribution is -0.142. The van der Waals surface area contributed by atoms with E-state index >= 15 is 0 Å². The van der Waals surface area contributed by atoms with Gasteiger partial charge in [-0.25, -0.2) is 12.8 Å². The van der Waals surface area contributed by atoms with Crippen LogP contribution in [0.15, 0.2) is 29.2 Å². The molecule has 8 nitrogen and oxygen atoms in total. The predicted octanol–water partition coefficient (Wildman–Crippen LogP) is 0.879. The Labute approximate surface area is 147 Å². The Morgan fingerprint density at radius 2 is 2.20 bits per heavy atom. The van der Waals surface area contributed by atoms with Crippen LogP contribution in [0.4, 0.5) is 9.52 Å². The number of nitrogens with one attached hydrogen (secondary N) is 1. The summed E-state index contributed by atoms with van der Waals surface area (Å²) in [6.07, 6.45) is 0.463. The third-order valence-corrected chi connectivity index (χ3v) is 5.84. The van der Waals surface area contributed by atoms with Crippen LogP contribution in [-0.4, -0.2) is 55.7 Å². The predicted molar refractivity (Wildman–Crippen MR) is 88.2 cm³/mol. The number of nitrogens with zero attached hydrogens (tertiary/aromatic N) is 3. The number of halogens is 1. The van der Waals surface area contributed by atoms with Gasteiger partial charge >= 0.3 is 0 Å². The molecule has 11 heteroatoms. The Bertz CT molecular complexity index is 871. The number of ether oxygens (including phenoxy) is 1. The number of sulfonamides is 1. The van der Waals surface area contributed by atoms with E-state index < -0.39 is 15.8 Å². The van der Waals surface area contributed by atoms with Crippen molar-refractivity contribution >= 4 is 32.4 Å². The summed E-state index contributed by atoms with van der Waals surface area (Å²) < 4.78 is 44.9. The van der Waals surface area contributed by atoms with E-state index in [0.29, 0.717) is 31.1 Å². The van der Waals surface area contributed by atoms with E-state index in [0.717, 1.165) is 23.5 Å². The Kier molecular flexibility index (Phi) is 5.25. The van der Waals surface area contributed by atoms with Crippen molar-refractivity contribution in [1.29, 1.82) is 0 Å². The van der Waals surface area contributed by atoms with Crippen molar-refractivity contribution in [2.24, 2.45) is 0 Å². The highest BCUT2D eigenvalue weighted by Gasteiger charge is 2.20. The molecule has 0 saturated carbocycles. The van der Waals surface area contributed by atoms with Gasteiger partial charge in [-0.2, -0.15) is 0 Å². The van der Waals surface area contributed by atoms with Crippen molar-refractivity contribution in [2.45, 2.75) is 11.3 Å². The highest BCUT2D eigenvalue weighted by atomic mass is 32.2. The van der Waals surface area contributed by atoms with E-state index in [-0.39, 0.29) is 22.5 Å². The Morgan fingerprint density at radius 1 is 1.36 bits per heavy atom. The molecule has 2 heterocycles. The molecule has 1 saturated heterocycles. The van der Waals surface area contributed by atoms with Gasteiger partial charge in [-0.15, -0.1) is 10.2 Å². The molecule has 2 aromatic rings. The molecule has 1 aliphatic rings. The quantitative estimate of drug-likeness (QED) is 0.791. The lowest BCUT2D eigenvalue weighted by atomic mass is 10.3. The van der Waals surface area contributed by atoms with Gasteiger partial charge in [0.25, 0.3) is 10.0 Å². The van der Waals surface area contributed by atoms with Crippen LogP contribution in [0.25, 0.3) is 0 Å². The maximum Gasteiger partial charge on any atom is 0.263 e. The van der Waals surface area contributed by atoms with Crippen LogP contribution in [0.2, 0.25) is 0 Å². The fourth-order valence-corrected chi connectivity index (χ4v) is 4.21. The zero-order valence-corrected chi connectivity index (χ0v) is 14.6. The minimum atomic E-state index is -3.93. The first-order chi connectivity index (χ1) is 11.9. The molecular weight excluding hydrogens is 371 g/mol. The van der Waals surface area contributed by atoms with E-state index in [1.807, 2.05) is 0 Å². The molecule has 3 rings (SSSR count). The second-order valence-corrected chi connectivity index (χ2v) is 7.99. The van der Waals surface area contributed by atoms with Crippen LogP contribution in [0.3, 0.4) is 0 Å². The smallest absolute Gasteiger partial charge is 0.263 e. The van der Waals surface area contributed by atoms with Crippen molar-refractivity contribution in [3.05, 3.63) is 35.1 Å². The maximum absolute atomic E-state index is 13.2. The number of benzene rings is 1. The Balaban J connectivity index is 1.62. The molecule has 1 amide bonds. The lowest BCUT2D eigenvalue weighted by Crippen LogP contribution is -2.42. The van der Waals surface area contributed by atoms with Gasteiger partial charge in [0.15, 0.2) is 0 Å². The largest absolute Gasteiger partial charge is 0.370 e. The van der Waals surface area contributed by atoms with Gasteiger partial charge in [0.2, 0.25) is 11.0 Å². The Hall–Kier alpha value is -2.11. The first kappa shape index (κ1) is 17.7. The molecule has 0 aliphatic carbocycles. The molecule has 1 fully saturated rings. The molecule has 1 aromatic carbocycles. The summed E-state index contributed by atoms with van der Waals surface area (Å²) in [4.78, 5) is 13.1. The fraction of sp³-hybridized carbons (Fsp3) is 0.357. The highest BCUT2D eigenvalue weighted by Crippen LogP contribution is 2.21. The fourth-order valence-electron chi connectivity index (χ4n) is 2.22. The van der Waals surface area contributed by atoms with Gasteiger partial charge in [-0.05, 0) is 18.2 Å². The summed E-state index contributed by atoms with van der Waals surface area (Å²) in [5.74, 6) is -0.723. The molecule has 134 valence electrons. The summed E-state index contributed by atoms with van der Waals surface area (Å²) in [6, 6.07) is 4.69. The number of amides is 1. The van der Waals surface area contributed by atoms with Crippen LogP contribution < -0.4 is 4.72 Å². The summed E-state index contributed by atoms with van der Waals surface area (Å²) in [7, 11) is -3.93. The van der Waals surface area contributed by atoms with Crippen LogP contribution in [0.5, 0.6) is 0 Å². The van der Waals surface area contributed by atoms with Gasteiger partial charge in [0.1, 0.15) is 17.4 Å². The molecular formula is C14H15FN4O4S2.